The molecule has 7 heteroatoms. The van der Waals surface area contributed by atoms with Crippen molar-refractivity contribution in [1.29, 1.82) is 0 Å². The van der Waals surface area contributed by atoms with Crippen LogP contribution in [0.15, 0.2) is 12.1 Å². The fourth-order valence-corrected chi connectivity index (χ4v) is 1.22. The molecule has 0 atom stereocenters. The molecule has 1 aromatic rings. The third-order valence-electron chi connectivity index (χ3n) is 2.02. The van der Waals surface area contributed by atoms with Crippen molar-refractivity contribution in [3.8, 4) is 11.5 Å². The fraction of sp³-hybridized carbons (Fsp3) is 0.364. The first-order valence-electron chi connectivity index (χ1n) is 4.89. The maximum absolute atomic E-state index is 13.5. The van der Waals surface area contributed by atoms with E-state index in [9.17, 15) is 22.4 Å². The van der Waals surface area contributed by atoms with Crippen LogP contribution in [-0.4, -0.2) is 26.2 Å². The Labute approximate surface area is 100 Å². The van der Waals surface area contributed by atoms with E-state index in [0.29, 0.717) is 6.29 Å². The molecule has 0 saturated heterocycles. The summed E-state index contributed by atoms with van der Waals surface area (Å²) in [5.41, 5.74) is 0.00696. The number of halogens is 4. The molecule has 0 aliphatic rings. The SMILES string of the molecule is COc1cc(C=O)cc(F)c1OCCC(F)(F)F. The Morgan fingerprint density at radius 3 is 2.50 bits per heavy atom. The molecule has 3 nitrogen and oxygen atoms in total. The number of carbonyl (C=O) groups is 1. The topological polar surface area (TPSA) is 35.5 Å². The van der Waals surface area contributed by atoms with Gasteiger partial charge in [0.05, 0.1) is 20.1 Å². The van der Waals surface area contributed by atoms with Gasteiger partial charge in [-0.1, -0.05) is 0 Å². The van der Waals surface area contributed by atoms with E-state index in [1.807, 2.05) is 0 Å². The predicted octanol–water partition coefficient (Wildman–Crippen LogP) is 2.98. The second-order valence-electron chi connectivity index (χ2n) is 3.37. The Morgan fingerprint density at radius 2 is 2.00 bits per heavy atom. The minimum Gasteiger partial charge on any atom is -0.493 e. The molecule has 0 spiro atoms. The number of alkyl halides is 3. The molecular weight excluding hydrogens is 256 g/mol. The highest BCUT2D eigenvalue weighted by Gasteiger charge is 2.27. The summed E-state index contributed by atoms with van der Waals surface area (Å²) < 4.78 is 58.6. The molecule has 0 aliphatic heterocycles. The summed E-state index contributed by atoms with van der Waals surface area (Å²) in [5.74, 6) is -1.51. The number of rotatable bonds is 5. The number of aldehydes is 1. The number of carbonyl (C=O) groups excluding carboxylic acids is 1. The highest BCUT2D eigenvalue weighted by Crippen LogP contribution is 2.32. The molecule has 0 fully saturated rings. The van der Waals surface area contributed by atoms with Crippen molar-refractivity contribution < 1.29 is 31.8 Å². The monoisotopic (exact) mass is 266 g/mol. The number of ether oxygens (including phenoxy) is 2. The van der Waals surface area contributed by atoms with Gasteiger partial charge >= 0.3 is 6.18 Å². The lowest BCUT2D eigenvalue weighted by Gasteiger charge is -2.13. The molecule has 0 heterocycles. The van der Waals surface area contributed by atoms with E-state index >= 15 is 0 Å². The van der Waals surface area contributed by atoms with Crippen LogP contribution < -0.4 is 9.47 Å². The molecule has 1 aromatic carbocycles. The summed E-state index contributed by atoms with van der Waals surface area (Å²) in [7, 11) is 1.19. The molecular formula is C11H10F4O3. The van der Waals surface area contributed by atoms with Crippen molar-refractivity contribution in [2.75, 3.05) is 13.7 Å². The van der Waals surface area contributed by atoms with Crippen molar-refractivity contribution in [3.63, 3.8) is 0 Å². The van der Waals surface area contributed by atoms with Crippen LogP contribution in [0.3, 0.4) is 0 Å². The Bertz CT molecular complexity index is 429. The zero-order valence-electron chi connectivity index (χ0n) is 9.38. The summed E-state index contributed by atoms with van der Waals surface area (Å²) in [4.78, 5) is 10.5. The van der Waals surface area contributed by atoms with E-state index in [2.05, 4.69) is 0 Å². The normalized spacial score (nSPS) is 11.2. The summed E-state index contributed by atoms with van der Waals surface area (Å²) >= 11 is 0. The second-order valence-corrected chi connectivity index (χ2v) is 3.37. The van der Waals surface area contributed by atoms with Gasteiger partial charge in [-0.2, -0.15) is 13.2 Å². The second kappa shape index (κ2) is 5.70. The van der Waals surface area contributed by atoms with Crippen LogP contribution in [-0.2, 0) is 0 Å². The molecule has 0 saturated carbocycles. The Morgan fingerprint density at radius 1 is 1.33 bits per heavy atom. The van der Waals surface area contributed by atoms with Gasteiger partial charge in [0.1, 0.15) is 6.29 Å². The average Bonchev–Trinajstić information content (AvgIpc) is 2.29. The minimum absolute atomic E-state index is 0.00696. The van der Waals surface area contributed by atoms with Crippen molar-refractivity contribution in [3.05, 3.63) is 23.5 Å². The van der Waals surface area contributed by atoms with Gasteiger partial charge in [-0.05, 0) is 12.1 Å². The third kappa shape index (κ3) is 3.90. The first-order valence-corrected chi connectivity index (χ1v) is 4.89. The average molecular weight is 266 g/mol. The van der Waals surface area contributed by atoms with E-state index in [0.717, 1.165) is 6.07 Å². The molecule has 0 aromatic heterocycles. The third-order valence-corrected chi connectivity index (χ3v) is 2.02. The van der Waals surface area contributed by atoms with Crippen LogP contribution in [0.4, 0.5) is 17.6 Å². The number of benzene rings is 1. The maximum Gasteiger partial charge on any atom is 0.392 e. The minimum atomic E-state index is -4.38. The molecule has 0 N–H and O–H groups in total. The van der Waals surface area contributed by atoms with Crippen LogP contribution in [0.1, 0.15) is 16.8 Å². The lowest BCUT2D eigenvalue weighted by Crippen LogP contribution is -2.13. The van der Waals surface area contributed by atoms with Gasteiger partial charge < -0.3 is 9.47 Å². The van der Waals surface area contributed by atoms with Crippen LogP contribution in [0, 0.1) is 5.82 Å². The Hall–Kier alpha value is -1.79. The van der Waals surface area contributed by atoms with Crippen molar-refractivity contribution in [2.45, 2.75) is 12.6 Å². The van der Waals surface area contributed by atoms with Gasteiger partial charge in [-0.15, -0.1) is 0 Å². The van der Waals surface area contributed by atoms with Crippen molar-refractivity contribution >= 4 is 6.29 Å². The zero-order chi connectivity index (χ0) is 13.8. The maximum atomic E-state index is 13.5. The molecule has 0 amide bonds. The van der Waals surface area contributed by atoms with Crippen LogP contribution in [0.2, 0.25) is 0 Å². The largest absolute Gasteiger partial charge is 0.493 e. The van der Waals surface area contributed by atoms with E-state index in [-0.39, 0.29) is 11.3 Å². The number of hydrogen-bond donors (Lipinski definition) is 0. The first-order chi connectivity index (χ1) is 8.37. The summed E-state index contributed by atoms with van der Waals surface area (Å²) in [5, 5.41) is 0. The molecule has 0 unspecified atom stereocenters. The molecule has 18 heavy (non-hydrogen) atoms. The number of hydrogen-bond acceptors (Lipinski definition) is 3. The standard InChI is InChI=1S/C11H10F4O3/c1-17-9-5-7(6-16)4-8(12)10(9)18-3-2-11(13,14)15/h4-6H,2-3H2,1H3. The van der Waals surface area contributed by atoms with E-state index < -0.39 is 30.8 Å². The van der Waals surface area contributed by atoms with Gasteiger partial charge in [-0.3, -0.25) is 4.79 Å². The smallest absolute Gasteiger partial charge is 0.392 e. The van der Waals surface area contributed by atoms with E-state index in [1.54, 1.807) is 0 Å². The summed E-state index contributed by atoms with van der Waals surface area (Å²) in [6.45, 7) is -0.725. The fourth-order valence-electron chi connectivity index (χ4n) is 1.22. The highest BCUT2D eigenvalue weighted by atomic mass is 19.4. The Kier molecular flexibility index (Phi) is 4.52. The first kappa shape index (κ1) is 14.3. The van der Waals surface area contributed by atoms with Crippen LogP contribution in [0.25, 0.3) is 0 Å². The zero-order valence-corrected chi connectivity index (χ0v) is 9.38. The lowest BCUT2D eigenvalue weighted by molar-refractivity contribution is -0.139. The predicted molar refractivity (Wildman–Crippen MR) is 54.5 cm³/mol. The quantitative estimate of drug-likeness (QED) is 0.607. The molecule has 1 rings (SSSR count). The van der Waals surface area contributed by atoms with Gasteiger partial charge in [0.2, 0.25) is 0 Å². The summed E-state index contributed by atoms with van der Waals surface area (Å²) in [6, 6.07) is 2.04. The van der Waals surface area contributed by atoms with Gasteiger partial charge in [-0.25, -0.2) is 4.39 Å². The Balaban J connectivity index is 2.84. The van der Waals surface area contributed by atoms with Crippen molar-refractivity contribution in [2.24, 2.45) is 0 Å². The highest BCUT2D eigenvalue weighted by molar-refractivity contribution is 5.76. The molecule has 0 radical (unpaired) electrons. The van der Waals surface area contributed by atoms with Gasteiger partial charge in [0.25, 0.3) is 0 Å². The van der Waals surface area contributed by atoms with Gasteiger partial charge in [0.15, 0.2) is 17.3 Å². The lowest BCUT2D eigenvalue weighted by atomic mass is 10.2. The van der Waals surface area contributed by atoms with E-state index in [1.165, 1.54) is 13.2 Å². The van der Waals surface area contributed by atoms with Crippen molar-refractivity contribution in [1.82, 2.24) is 0 Å². The van der Waals surface area contributed by atoms with Gasteiger partial charge in [0, 0.05) is 5.56 Å². The summed E-state index contributed by atoms with van der Waals surface area (Å²) in [6.07, 6.45) is -5.19. The molecule has 0 aliphatic carbocycles. The molecule has 0 bridgehead atoms. The van der Waals surface area contributed by atoms with Crippen LogP contribution >= 0.6 is 0 Å². The number of methoxy groups -OCH3 is 1. The van der Waals surface area contributed by atoms with Crippen LogP contribution in [0.5, 0.6) is 11.5 Å². The van der Waals surface area contributed by atoms with E-state index in [4.69, 9.17) is 9.47 Å². The molecule has 100 valence electrons.